The molecule has 2 saturated carbocycles. The Balaban J connectivity index is 0. The van der Waals surface area contributed by atoms with Crippen LogP contribution in [0.1, 0.15) is 59.3 Å². The van der Waals surface area contributed by atoms with Gasteiger partial charge in [0, 0.05) is 22.8 Å². The van der Waals surface area contributed by atoms with E-state index >= 15 is 0 Å². The summed E-state index contributed by atoms with van der Waals surface area (Å²) in [6.07, 6.45) is 28.7. The van der Waals surface area contributed by atoms with Gasteiger partial charge in [-0.05, 0) is 86.6 Å². The fourth-order valence-corrected chi connectivity index (χ4v) is 20.2. The summed E-state index contributed by atoms with van der Waals surface area (Å²) in [5.74, 6) is 5.03. The summed E-state index contributed by atoms with van der Waals surface area (Å²) in [6, 6.07) is 4.57. The van der Waals surface area contributed by atoms with Crippen LogP contribution in [0.2, 0.25) is 75.0 Å². The van der Waals surface area contributed by atoms with Crippen molar-refractivity contribution in [2.24, 2.45) is 35.5 Å². The Hall–Kier alpha value is 0.454. The molecule has 0 radical (unpaired) electrons. The van der Waals surface area contributed by atoms with Crippen LogP contribution in [0, 0.1) is 65.2 Å². The van der Waals surface area contributed by atoms with E-state index in [1.54, 1.807) is 6.04 Å². The topological polar surface area (TPSA) is 9.23 Å². The van der Waals surface area contributed by atoms with Crippen LogP contribution >= 0.6 is 0 Å². The number of allylic oxidation sites excluding steroid dienone is 8. The molecule has 8 unspecified atom stereocenters. The van der Waals surface area contributed by atoms with Crippen LogP contribution in [0.25, 0.3) is 0 Å². The van der Waals surface area contributed by atoms with Gasteiger partial charge in [0.2, 0.25) is 0 Å². The first kappa shape index (κ1) is 48.6. The zero-order valence-electron chi connectivity index (χ0n) is 33.2. The number of fused-ring (bicyclic) bond motifs is 2. The molecule has 0 spiro atoms. The number of hydrogen-bond acceptors (Lipinski definition) is 1. The van der Waals surface area contributed by atoms with Gasteiger partial charge in [0.15, 0.2) is 0 Å². The first-order chi connectivity index (χ1) is 19.1. The van der Waals surface area contributed by atoms with E-state index in [0.29, 0.717) is 0 Å². The van der Waals surface area contributed by atoms with E-state index in [-0.39, 0.29) is 61.5 Å². The van der Waals surface area contributed by atoms with Crippen LogP contribution in [0.5, 0.6) is 0 Å². The standard InChI is InChI=1S/C37H66OSi3.4CH3.Zr/c1-37(2,3)38-23-17-11-12-18-24-41(10,35-25-29(27-39(4,5)6)31-19-13-15-21-33(31)35)36-26-30(28-40(7,8)9)32-20-14-16-22-34(32)36;;;;;/h13-16,19-22,29-36H,11-12,17-18,23-28H2,1-10H3;4*1H3;/q;4*-1;+4. The monoisotopic (exact) mass is 760 g/mol. The molecule has 0 saturated heterocycles. The summed E-state index contributed by atoms with van der Waals surface area (Å²) in [5.41, 5.74) is 1.90. The van der Waals surface area contributed by atoms with Crippen molar-refractivity contribution in [3.05, 3.63) is 78.3 Å². The molecule has 0 aromatic heterocycles. The van der Waals surface area contributed by atoms with E-state index < -0.39 is 24.2 Å². The predicted molar refractivity (Wildman–Crippen MR) is 217 cm³/mol. The molecular formula is C41H78OSi3Zr. The summed E-state index contributed by atoms with van der Waals surface area (Å²) in [5, 5.41) is 0. The van der Waals surface area contributed by atoms with E-state index in [0.717, 1.165) is 53.2 Å². The van der Waals surface area contributed by atoms with E-state index in [1.807, 2.05) is 0 Å². The molecule has 8 atom stereocenters. The Morgan fingerprint density at radius 3 is 1.30 bits per heavy atom. The minimum absolute atomic E-state index is 0. The molecule has 0 N–H and O–H groups in total. The molecule has 0 heterocycles. The first-order valence-corrected chi connectivity index (χ1v) is 27.7. The smallest absolute Gasteiger partial charge is 0.376 e. The molecule has 264 valence electrons. The van der Waals surface area contributed by atoms with Crippen molar-refractivity contribution < 1.29 is 30.9 Å². The summed E-state index contributed by atoms with van der Waals surface area (Å²) < 4.78 is 6.05. The Morgan fingerprint density at radius 1 is 0.565 bits per heavy atom. The maximum Gasteiger partial charge on any atom is 4.00 e. The van der Waals surface area contributed by atoms with Crippen LogP contribution in [0.3, 0.4) is 0 Å². The Morgan fingerprint density at radius 2 is 0.935 bits per heavy atom. The molecule has 1 nitrogen and oxygen atoms in total. The minimum Gasteiger partial charge on any atom is -0.376 e. The molecule has 4 aliphatic carbocycles. The van der Waals surface area contributed by atoms with E-state index in [4.69, 9.17) is 4.74 Å². The second-order valence-electron chi connectivity index (χ2n) is 18.2. The van der Waals surface area contributed by atoms with Gasteiger partial charge in [-0.25, -0.2) is 0 Å². The van der Waals surface area contributed by atoms with Crippen molar-refractivity contribution >= 4 is 24.2 Å². The number of rotatable bonds is 13. The molecule has 4 rings (SSSR count). The van der Waals surface area contributed by atoms with Crippen LogP contribution in [0.4, 0.5) is 0 Å². The Kier molecular flexibility index (Phi) is 20.8. The van der Waals surface area contributed by atoms with Crippen LogP contribution in [0.15, 0.2) is 48.6 Å². The second-order valence-corrected chi connectivity index (χ2v) is 34.3. The van der Waals surface area contributed by atoms with Gasteiger partial charge in [0.05, 0.1) is 13.7 Å². The zero-order chi connectivity index (χ0) is 30.1. The molecule has 5 heteroatoms. The Bertz CT molecular complexity index is 917. The van der Waals surface area contributed by atoms with Gasteiger partial charge >= 0.3 is 26.2 Å². The quantitative estimate of drug-likeness (QED) is 0.103. The molecular weight excluding hydrogens is 684 g/mol. The van der Waals surface area contributed by atoms with Crippen LogP contribution < -0.4 is 0 Å². The van der Waals surface area contributed by atoms with Crippen LogP contribution in [-0.4, -0.2) is 36.4 Å². The molecule has 4 aliphatic rings. The molecule has 0 bridgehead atoms. The van der Waals surface area contributed by atoms with Crippen molar-refractivity contribution in [2.75, 3.05) is 6.61 Å². The fourth-order valence-electron chi connectivity index (χ4n) is 9.73. The molecule has 0 amide bonds. The van der Waals surface area contributed by atoms with Gasteiger partial charge in [-0.15, -0.1) is 0 Å². The van der Waals surface area contributed by atoms with E-state index in [2.05, 4.69) is 115 Å². The first-order valence-electron chi connectivity index (χ1n) is 17.4. The molecule has 0 aromatic rings. The largest absolute Gasteiger partial charge is 4.00 e. The minimum atomic E-state index is -1.60. The summed E-state index contributed by atoms with van der Waals surface area (Å²) >= 11 is 0. The average Bonchev–Trinajstić information content (AvgIpc) is 3.40. The third-order valence-corrected chi connectivity index (χ3v) is 20.7. The van der Waals surface area contributed by atoms with Crippen molar-refractivity contribution in [2.45, 2.75) is 140 Å². The second kappa shape index (κ2) is 19.7. The van der Waals surface area contributed by atoms with Gasteiger partial charge in [-0.2, -0.15) is 0 Å². The van der Waals surface area contributed by atoms with Crippen molar-refractivity contribution in [3.63, 3.8) is 0 Å². The molecule has 2 fully saturated rings. The fraction of sp³-hybridized carbons (Fsp3) is 0.707. The van der Waals surface area contributed by atoms with E-state index in [1.165, 1.54) is 50.6 Å². The van der Waals surface area contributed by atoms with Gasteiger partial charge in [-0.1, -0.05) is 132 Å². The number of unbranched alkanes of at least 4 members (excludes halogenated alkanes) is 3. The van der Waals surface area contributed by atoms with Crippen LogP contribution in [-0.2, 0) is 30.9 Å². The van der Waals surface area contributed by atoms with Crippen molar-refractivity contribution in [3.8, 4) is 0 Å². The van der Waals surface area contributed by atoms with Crippen molar-refractivity contribution in [1.82, 2.24) is 0 Å². The normalized spacial score (nSPS) is 30.8. The molecule has 46 heavy (non-hydrogen) atoms. The third kappa shape index (κ3) is 13.0. The molecule has 0 aliphatic heterocycles. The van der Waals surface area contributed by atoms with Gasteiger partial charge in [-0.3, -0.25) is 0 Å². The third-order valence-electron chi connectivity index (χ3n) is 11.2. The van der Waals surface area contributed by atoms with Gasteiger partial charge in [0.25, 0.3) is 0 Å². The maximum atomic E-state index is 6.05. The maximum absolute atomic E-state index is 6.05. The van der Waals surface area contributed by atoms with Gasteiger partial charge in [0.1, 0.15) is 0 Å². The predicted octanol–water partition coefficient (Wildman–Crippen LogP) is 13.4. The molecule has 0 aromatic carbocycles. The van der Waals surface area contributed by atoms with Gasteiger partial charge < -0.3 is 34.4 Å². The summed E-state index contributed by atoms with van der Waals surface area (Å²) in [7, 11) is -3.83. The Labute approximate surface area is 313 Å². The summed E-state index contributed by atoms with van der Waals surface area (Å²) in [4.78, 5) is 0. The number of hydrogen-bond donors (Lipinski definition) is 0. The van der Waals surface area contributed by atoms with Crippen molar-refractivity contribution in [1.29, 1.82) is 0 Å². The number of ether oxygens (including phenoxy) is 1. The van der Waals surface area contributed by atoms with E-state index in [9.17, 15) is 0 Å². The zero-order valence-corrected chi connectivity index (χ0v) is 38.7. The SMILES string of the molecule is CC(C)(C)OCCCCCC[Si](C)(C1CC(C[Si](C)(C)C)C2C=CC=CC21)C1CC(C[Si](C)(C)C)C2C=CC=CC21.[CH3-].[CH3-].[CH3-].[CH3-].[Zr+4]. The summed E-state index contributed by atoms with van der Waals surface area (Å²) in [6.45, 7) is 26.1. The average molecular weight is 763 g/mol.